The number of nitrogens with one attached hydrogen (secondary N) is 1. The Labute approximate surface area is 223 Å². The van der Waals surface area contributed by atoms with Crippen molar-refractivity contribution in [3.05, 3.63) is 97.4 Å². The largest absolute Gasteiger partial charge is 0.488 e. The summed E-state index contributed by atoms with van der Waals surface area (Å²) in [6.07, 6.45) is 1.32. The third-order valence-electron chi connectivity index (χ3n) is 5.13. The first kappa shape index (κ1) is 25.4. The van der Waals surface area contributed by atoms with Crippen molar-refractivity contribution in [2.45, 2.75) is 6.61 Å². The van der Waals surface area contributed by atoms with E-state index in [-0.39, 0.29) is 33.5 Å². The minimum Gasteiger partial charge on any atom is -0.488 e. The Morgan fingerprint density at radius 3 is 2.39 bits per heavy atom. The molecule has 8 nitrogen and oxygen atoms in total. The van der Waals surface area contributed by atoms with E-state index in [9.17, 15) is 19.2 Å². The fraction of sp³-hybridized carbons (Fsp3) is 0.0400. The van der Waals surface area contributed by atoms with Gasteiger partial charge in [0.25, 0.3) is 11.8 Å². The predicted molar refractivity (Wildman–Crippen MR) is 137 cm³/mol. The Balaban J connectivity index is 1.64. The number of ether oxygens (including phenoxy) is 1. The number of amides is 4. The fourth-order valence-corrected chi connectivity index (χ4v) is 4.01. The number of carbonyl (C=O) groups is 4. The summed E-state index contributed by atoms with van der Waals surface area (Å²) in [6.45, 7) is 0.103. The molecule has 0 aliphatic carbocycles. The number of carbonyl (C=O) groups excluding carboxylic acids is 3. The molecule has 1 aliphatic rings. The Hall–Kier alpha value is -3.66. The molecule has 3 aromatic carbocycles. The lowest BCUT2D eigenvalue weighted by Gasteiger charge is -2.26. The SMILES string of the molecule is O=C1NC(=O)N(c2ccc(Cl)c(Cl)c2)C(=O)/C1=C/c1cc(Br)ccc1OCc1ccc(C(=O)O)cc1. The van der Waals surface area contributed by atoms with Gasteiger partial charge in [0, 0.05) is 10.0 Å². The highest BCUT2D eigenvalue weighted by atomic mass is 79.9. The quantitative estimate of drug-likeness (QED) is 0.282. The van der Waals surface area contributed by atoms with Crippen LogP contribution in [-0.2, 0) is 16.2 Å². The molecule has 4 amide bonds. The van der Waals surface area contributed by atoms with E-state index >= 15 is 0 Å². The van der Waals surface area contributed by atoms with Gasteiger partial charge in [0.1, 0.15) is 17.9 Å². The number of nitrogens with zero attached hydrogens (tertiary/aromatic N) is 1. The lowest BCUT2D eigenvalue weighted by Crippen LogP contribution is -2.54. The molecule has 0 unspecified atom stereocenters. The van der Waals surface area contributed by atoms with Crippen molar-refractivity contribution >= 4 is 74.7 Å². The van der Waals surface area contributed by atoms with E-state index in [0.29, 0.717) is 21.3 Å². The maximum absolute atomic E-state index is 13.2. The Bertz CT molecular complexity index is 1440. The molecule has 36 heavy (non-hydrogen) atoms. The molecule has 0 saturated carbocycles. The Morgan fingerprint density at radius 2 is 1.72 bits per heavy atom. The molecule has 0 aromatic heterocycles. The van der Waals surface area contributed by atoms with Gasteiger partial charge >= 0.3 is 12.0 Å². The van der Waals surface area contributed by atoms with Gasteiger partial charge in [-0.1, -0.05) is 51.3 Å². The number of barbiturate groups is 1. The van der Waals surface area contributed by atoms with E-state index in [4.69, 9.17) is 33.0 Å². The van der Waals surface area contributed by atoms with Crippen molar-refractivity contribution in [1.29, 1.82) is 0 Å². The summed E-state index contributed by atoms with van der Waals surface area (Å²) in [7, 11) is 0. The molecule has 1 saturated heterocycles. The lowest BCUT2D eigenvalue weighted by atomic mass is 10.1. The van der Waals surface area contributed by atoms with Crippen LogP contribution in [0.3, 0.4) is 0 Å². The topological polar surface area (TPSA) is 113 Å². The molecule has 4 rings (SSSR count). The zero-order valence-electron chi connectivity index (χ0n) is 18.1. The number of anilines is 1. The minimum atomic E-state index is -1.03. The maximum atomic E-state index is 13.2. The van der Waals surface area contributed by atoms with E-state index in [1.807, 2.05) is 0 Å². The number of carboxylic acids is 1. The maximum Gasteiger partial charge on any atom is 0.335 e. The van der Waals surface area contributed by atoms with Crippen LogP contribution in [-0.4, -0.2) is 28.9 Å². The number of halogens is 3. The molecule has 2 N–H and O–H groups in total. The summed E-state index contributed by atoms with van der Waals surface area (Å²) in [5.41, 5.74) is 1.10. The molecule has 1 fully saturated rings. The van der Waals surface area contributed by atoms with Crippen LogP contribution < -0.4 is 15.0 Å². The summed E-state index contributed by atoms with van der Waals surface area (Å²) in [5.74, 6) is -2.39. The molecule has 182 valence electrons. The molecule has 0 spiro atoms. The summed E-state index contributed by atoms with van der Waals surface area (Å²) in [6, 6.07) is 14.5. The summed E-state index contributed by atoms with van der Waals surface area (Å²) >= 11 is 15.3. The summed E-state index contributed by atoms with van der Waals surface area (Å²) < 4.78 is 6.54. The highest BCUT2D eigenvalue weighted by molar-refractivity contribution is 9.10. The number of hydrogen-bond acceptors (Lipinski definition) is 5. The second kappa shape index (κ2) is 10.5. The van der Waals surface area contributed by atoms with Gasteiger partial charge < -0.3 is 9.84 Å². The first-order chi connectivity index (χ1) is 17.1. The van der Waals surface area contributed by atoms with Crippen molar-refractivity contribution in [3.8, 4) is 5.75 Å². The number of imide groups is 2. The fourth-order valence-electron chi connectivity index (χ4n) is 3.34. The molecule has 0 radical (unpaired) electrons. The molecule has 3 aromatic rings. The number of hydrogen-bond donors (Lipinski definition) is 2. The van der Waals surface area contributed by atoms with Crippen LogP contribution in [0.25, 0.3) is 6.08 Å². The van der Waals surface area contributed by atoms with Crippen LogP contribution in [0.1, 0.15) is 21.5 Å². The van der Waals surface area contributed by atoms with Gasteiger partial charge in [-0.2, -0.15) is 0 Å². The van der Waals surface area contributed by atoms with Crippen LogP contribution in [0.4, 0.5) is 10.5 Å². The van der Waals surface area contributed by atoms with Gasteiger partial charge in [0.15, 0.2) is 0 Å². The Kier molecular flexibility index (Phi) is 7.44. The second-order valence-electron chi connectivity index (χ2n) is 7.53. The first-order valence-corrected chi connectivity index (χ1v) is 11.8. The summed E-state index contributed by atoms with van der Waals surface area (Å²) in [4.78, 5) is 50.1. The second-order valence-corrected chi connectivity index (χ2v) is 9.26. The zero-order valence-corrected chi connectivity index (χ0v) is 21.2. The number of rotatable bonds is 6. The third-order valence-corrected chi connectivity index (χ3v) is 6.36. The first-order valence-electron chi connectivity index (χ1n) is 10.2. The van der Waals surface area contributed by atoms with Crippen LogP contribution in [0.15, 0.2) is 70.7 Å². The molecule has 0 atom stereocenters. The summed E-state index contributed by atoms with van der Waals surface area (Å²) in [5, 5.41) is 11.6. The molecule has 1 aliphatic heterocycles. The standard InChI is InChI=1S/C25H15BrCl2N2O6/c26-16-5-8-21(36-12-13-1-3-14(4-2-13)24(33)34)15(9-16)10-18-22(31)29-25(35)30(23(18)32)17-6-7-19(27)20(28)11-17/h1-11H,12H2,(H,33,34)(H,29,31,35)/b18-10+. The minimum absolute atomic E-state index is 0.103. The number of urea groups is 1. The van der Waals surface area contributed by atoms with Gasteiger partial charge in [0.2, 0.25) is 0 Å². The van der Waals surface area contributed by atoms with Crippen molar-refractivity contribution in [1.82, 2.24) is 5.32 Å². The van der Waals surface area contributed by atoms with E-state index in [1.165, 1.54) is 36.4 Å². The van der Waals surface area contributed by atoms with E-state index in [0.717, 1.165) is 4.90 Å². The predicted octanol–water partition coefficient (Wildman–Crippen LogP) is 5.70. The third kappa shape index (κ3) is 5.43. The van der Waals surface area contributed by atoms with Crippen molar-refractivity contribution in [2.24, 2.45) is 0 Å². The Morgan fingerprint density at radius 1 is 1.00 bits per heavy atom. The highest BCUT2D eigenvalue weighted by Gasteiger charge is 2.37. The number of carboxylic acid groups (broad SMARTS) is 1. The van der Waals surface area contributed by atoms with Gasteiger partial charge in [-0.25, -0.2) is 14.5 Å². The van der Waals surface area contributed by atoms with Crippen LogP contribution >= 0.6 is 39.1 Å². The van der Waals surface area contributed by atoms with Crippen LogP contribution in [0, 0.1) is 0 Å². The van der Waals surface area contributed by atoms with Crippen molar-refractivity contribution in [2.75, 3.05) is 4.90 Å². The van der Waals surface area contributed by atoms with E-state index in [1.54, 1.807) is 30.3 Å². The van der Waals surface area contributed by atoms with Gasteiger partial charge in [-0.05, 0) is 60.2 Å². The van der Waals surface area contributed by atoms with Gasteiger partial charge in [-0.3, -0.25) is 14.9 Å². The van der Waals surface area contributed by atoms with Gasteiger partial charge in [0.05, 0.1) is 21.3 Å². The molecule has 1 heterocycles. The van der Waals surface area contributed by atoms with Crippen molar-refractivity contribution in [3.63, 3.8) is 0 Å². The normalized spacial score (nSPS) is 14.7. The monoisotopic (exact) mass is 588 g/mol. The van der Waals surface area contributed by atoms with Gasteiger partial charge in [-0.15, -0.1) is 0 Å². The lowest BCUT2D eigenvalue weighted by molar-refractivity contribution is -0.122. The van der Waals surface area contributed by atoms with E-state index < -0.39 is 23.8 Å². The smallest absolute Gasteiger partial charge is 0.335 e. The number of aromatic carboxylic acids is 1. The molecular weight excluding hydrogens is 575 g/mol. The molecule has 0 bridgehead atoms. The van der Waals surface area contributed by atoms with E-state index in [2.05, 4.69) is 21.2 Å². The average molecular weight is 590 g/mol. The average Bonchev–Trinajstić information content (AvgIpc) is 2.83. The number of benzene rings is 3. The molecular formula is C25H15BrCl2N2O6. The van der Waals surface area contributed by atoms with Crippen LogP contribution in [0.5, 0.6) is 5.75 Å². The molecule has 11 heteroatoms. The van der Waals surface area contributed by atoms with Crippen molar-refractivity contribution < 1.29 is 29.0 Å². The zero-order chi connectivity index (χ0) is 26.0. The highest BCUT2D eigenvalue weighted by Crippen LogP contribution is 2.31. The van der Waals surface area contributed by atoms with Crippen LogP contribution in [0.2, 0.25) is 10.0 Å².